The molecular formula is C12H20N2O. The predicted octanol–water partition coefficient (Wildman–Crippen LogP) is 1.13. The summed E-state index contributed by atoms with van der Waals surface area (Å²) in [5, 5.41) is 0. The van der Waals surface area contributed by atoms with Crippen molar-refractivity contribution in [1.82, 2.24) is 4.90 Å². The van der Waals surface area contributed by atoms with Crippen LogP contribution in [0.25, 0.3) is 0 Å². The smallest absolute Gasteiger partial charge is 0.223 e. The van der Waals surface area contributed by atoms with Gasteiger partial charge in [0.05, 0.1) is 5.54 Å². The number of amides is 1. The van der Waals surface area contributed by atoms with Gasteiger partial charge in [-0.05, 0) is 43.9 Å². The Bertz CT molecular complexity index is 283. The van der Waals surface area contributed by atoms with Crippen LogP contribution in [0.5, 0.6) is 0 Å². The Morgan fingerprint density at radius 2 is 2.13 bits per heavy atom. The number of hydrogen-bond acceptors (Lipinski definition) is 2. The number of likely N-dealkylation sites (tertiary alicyclic amines) is 1. The first-order valence-electron chi connectivity index (χ1n) is 6.27. The molecule has 3 rings (SSSR count). The van der Waals surface area contributed by atoms with Crippen molar-refractivity contribution in [2.45, 2.75) is 44.1 Å². The minimum absolute atomic E-state index is 0.0893. The molecule has 0 aromatic carbocycles. The Labute approximate surface area is 91.0 Å². The summed E-state index contributed by atoms with van der Waals surface area (Å²) in [6.07, 6.45) is 6.92. The Balaban J connectivity index is 1.71. The van der Waals surface area contributed by atoms with Gasteiger partial charge >= 0.3 is 0 Å². The lowest BCUT2D eigenvalue weighted by molar-refractivity contribution is -0.139. The van der Waals surface area contributed by atoms with E-state index in [1.165, 1.54) is 25.7 Å². The zero-order valence-electron chi connectivity index (χ0n) is 9.24. The fourth-order valence-electron chi connectivity index (χ4n) is 3.39. The summed E-state index contributed by atoms with van der Waals surface area (Å²) in [7, 11) is 0. The van der Waals surface area contributed by atoms with Crippen molar-refractivity contribution < 1.29 is 4.79 Å². The summed E-state index contributed by atoms with van der Waals surface area (Å²) in [4.78, 5) is 14.2. The van der Waals surface area contributed by atoms with Crippen molar-refractivity contribution in [1.29, 1.82) is 0 Å². The van der Waals surface area contributed by atoms with Crippen LogP contribution in [0.15, 0.2) is 0 Å². The number of hydrogen-bond donors (Lipinski definition) is 1. The molecular weight excluding hydrogens is 188 g/mol. The Hall–Kier alpha value is -0.570. The molecule has 0 spiro atoms. The van der Waals surface area contributed by atoms with Crippen molar-refractivity contribution in [2.75, 3.05) is 13.1 Å². The topological polar surface area (TPSA) is 46.3 Å². The van der Waals surface area contributed by atoms with Gasteiger partial charge in [0.1, 0.15) is 0 Å². The van der Waals surface area contributed by atoms with E-state index in [9.17, 15) is 4.79 Å². The number of nitrogens with zero attached hydrogens (tertiary/aromatic N) is 1. The van der Waals surface area contributed by atoms with Crippen molar-refractivity contribution in [3.8, 4) is 0 Å². The molecule has 1 heterocycles. The van der Waals surface area contributed by atoms with E-state index in [-0.39, 0.29) is 5.54 Å². The molecule has 1 aliphatic heterocycles. The maximum absolute atomic E-state index is 12.1. The number of nitrogens with two attached hydrogens (primary N) is 1. The fourth-order valence-corrected chi connectivity index (χ4v) is 3.39. The number of fused-ring (bicyclic) bond motifs is 1. The summed E-state index contributed by atoms with van der Waals surface area (Å²) in [5.41, 5.74) is 5.98. The monoisotopic (exact) mass is 208 g/mol. The molecule has 2 aliphatic carbocycles. The summed E-state index contributed by atoms with van der Waals surface area (Å²) >= 11 is 0. The van der Waals surface area contributed by atoms with Gasteiger partial charge in [-0.3, -0.25) is 4.79 Å². The van der Waals surface area contributed by atoms with E-state index in [0.29, 0.717) is 24.3 Å². The molecule has 2 saturated carbocycles. The normalized spacial score (nSPS) is 38.7. The molecule has 0 radical (unpaired) electrons. The average molecular weight is 208 g/mol. The maximum Gasteiger partial charge on any atom is 0.223 e. The van der Waals surface area contributed by atoms with Crippen LogP contribution in [0, 0.1) is 11.8 Å². The SMILES string of the molecule is NCC12CCC1CCN2C(=O)CC1CC1. The van der Waals surface area contributed by atoms with Crippen LogP contribution in [-0.4, -0.2) is 29.4 Å². The van der Waals surface area contributed by atoms with Gasteiger partial charge < -0.3 is 10.6 Å². The lowest BCUT2D eigenvalue weighted by Crippen LogP contribution is -2.60. The third kappa shape index (κ3) is 1.32. The van der Waals surface area contributed by atoms with E-state index >= 15 is 0 Å². The van der Waals surface area contributed by atoms with Crippen LogP contribution < -0.4 is 5.73 Å². The van der Waals surface area contributed by atoms with Gasteiger partial charge in [-0.15, -0.1) is 0 Å². The van der Waals surface area contributed by atoms with Crippen molar-refractivity contribution in [2.24, 2.45) is 17.6 Å². The Morgan fingerprint density at radius 1 is 1.33 bits per heavy atom. The van der Waals surface area contributed by atoms with Gasteiger partial charge in [-0.25, -0.2) is 0 Å². The highest BCUT2D eigenvalue weighted by molar-refractivity contribution is 5.78. The lowest BCUT2D eigenvalue weighted by atomic mass is 9.67. The van der Waals surface area contributed by atoms with E-state index in [4.69, 9.17) is 5.73 Å². The fraction of sp³-hybridized carbons (Fsp3) is 0.917. The molecule has 3 heteroatoms. The van der Waals surface area contributed by atoms with Crippen LogP contribution in [0.3, 0.4) is 0 Å². The van der Waals surface area contributed by atoms with Crippen molar-refractivity contribution in [3.05, 3.63) is 0 Å². The zero-order valence-corrected chi connectivity index (χ0v) is 9.24. The lowest BCUT2D eigenvalue weighted by Gasteiger charge is -2.49. The molecule has 0 bridgehead atoms. The third-order valence-electron chi connectivity index (χ3n) is 4.74. The van der Waals surface area contributed by atoms with E-state index in [1.54, 1.807) is 0 Å². The first kappa shape index (κ1) is 9.64. The zero-order chi connectivity index (χ0) is 10.5. The molecule has 2 atom stereocenters. The van der Waals surface area contributed by atoms with Crippen LogP contribution in [-0.2, 0) is 4.79 Å². The van der Waals surface area contributed by atoms with Crippen LogP contribution in [0.2, 0.25) is 0 Å². The molecule has 1 saturated heterocycles. The van der Waals surface area contributed by atoms with Gasteiger partial charge in [-0.1, -0.05) is 0 Å². The van der Waals surface area contributed by atoms with Crippen LogP contribution >= 0.6 is 0 Å². The van der Waals surface area contributed by atoms with Gasteiger partial charge in [0.2, 0.25) is 5.91 Å². The molecule has 3 nitrogen and oxygen atoms in total. The molecule has 2 unspecified atom stereocenters. The average Bonchev–Trinajstić information content (AvgIpc) is 2.94. The van der Waals surface area contributed by atoms with E-state index in [1.807, 2.05) is 0 Å². The van der Waals surface area contributed by atoms with Gasteiger partial charge in [0.25, 0.3) is 0 Å². The Kier molecular flexibility index (Phi) is 2.06. The summed E-state index contributed by atoms with van der Waals surface area (Å²) in [6, 6.07) is 0. The molecule has 3 fully saturated rings. The second-order valence-corrected chi connectivity index (χ2v) is 5.52. The maximum atomic E-state index is 12.1. The Morgan fingerprint density at radius 3 is 2.67 bits per heavy atom. The molecule has 15 heavy (non-hydrogen) atoms. The minimum atomic E-state index is 0.0893. The van der Waals surface area contributed by atoms with E-state index < -0.39 is 0 Å². The molecule has 0 aromatic heterocycles. The van der Waals surface area contributed by atoms with Crippen LogP contribution in [0.4, 0.5) is 0 Å². The second-order valence-electron chi connectivity index (χ2n) is 5.52. The molecule has 84 valence electrons. The largest absolute Gasteiger partial charge is 0.335 e. The van der Waals surface area contributed by atoms with Crippen molar-refractivity contribution in [3.63, 3.8) is 0 Å². The van der Waals surface area contributed by atoms with E-state index in [0.717, 1.165) is 19.4 Å². The number of rotatable bonds is 3. The van der Waals surface area contributed by atoms with Gasteiger partial charge in [0.15, 0.2) is 0 Å². The summed E-state index contributed by atoms with van der Waals surface area (Å²) in [6.45, 7) is 1.64. The first-order chi connectivity index (χ1) is 7.26. The molecule has 1 amide bonds. The number of carbonyl (C=O) groups excluding carboxylic acids is 1. The minimum Gasteiger partial charge on any atom is -0.335 e. The molecule has 3 aliphatic rings. The molecule has 2 N–H and O–H groups in total. The van der Waals surface area contributed by atoms with Crippen molar-refractivity contribution >= 4 is 5.91 Å². The van der Waals surface area contributed by atoms with E-state index in [2.05, 4.69) is 4.90 Å². The highest BCUT2D eigenvalue weighted by Gasteiger charge is 2.55. The summed E-state index contributed by atoms with van der Waals surface area (Å²) in [5.74, 6) is 1.79. The highest BCUT2D eigenvalue weighted by atomic mass is 16.2. The standard InChI is InChI=1S/C12H20N2O/c13-8-12-5-3-10(12)4-6-14(12)11(15)7-9-1-2-9/h9-10H,1-8,13H2. The van der Waals surface area contributed by atoms with Crippen LogP contribution in [0.1, 0.15) is 38.5 Å². The predicted molar refractivity (Wildman–Crippen MR) is 58.2 cm³/mol. The summed E-state index contributed by atoms with van der Waals surface area (Å²) < 4.78 is 0. The quantitative estimate of drug-likeness (QED) is 0.755. The molecule has 0 aromatic rings. The second kappa shape index (κ2) is 3.21. The third-order valence-corrected chi connectivity index (χ3v) is 4.74. The van der Waals surface area contributed by atoms with Gasteiger partial charge in [-0.2, -0.15) is 0 Å². The van der Waals surface area contributed by atoms with Gasteiger partial charge in [0, 0.05) is 19.5 Å². The highest BCUT2D eigenvalue weighted by Crippen LogP contribution is 2.50. The number of carbonyl (C=O) groups is 1. The first-order valence-corrected chi connectivity index (χ1v) is 6.27.